The Morgan fingerprint density at radius 3 is 2.12 bits per heavy atom. The van der Waals surface area contributed by atoms with Gasteiger partial charge in [0, 0.05) is 24.0 Å². The molecule has 1 heterocycles. The van der Waals surface area contributed by atoms with Crippen LogP contribution in [0.3, 0.4) is 0 Å². The number of imide groups is 1. The molecule has 1 unspecified atom stereocenters. The molecule has 1 fully saturated rings. The SMILES string of the molecule is O=C(Cc1ccc(COS(=O)(O)=S)cc1)ON1C(=O)CCC1=O.[H-].[H-].[Na+].[Na+]. The number of hydroxylamine groups is 2. The molecule has 0 aliphatic carbocycles. The summed E-state index contributed by atoms with van der Waals surface area (Å²) < 4.78 is 24.2. The van der Waals surface area contributed by atoms with Crippen molar-refractivity contribution < 1.29 is 94.1 Å². The Labute approximate surface area is 196 Å². The van der Waals surface area contributed by atoms with E-state index in [0.717, 1.165) is 0 Å². The van der Waals surface area contributed by atoms with Gasteiger partial charge < -0.3 is 7.69 Å². The van der Waals surface area contributed by atoms with Crippen molar-refractivity contribution in [3.05, 3.63) is 35.4 Å². The van der Waals surface area contributed by atoms with Crippen molar-refractivity contribution in [1.82, 2.24) is 5.06 Å². The van der Waals surface area contributed by atoms with Gasteiger partial charge in [0.1, 0.15) is 0 Å². The van der Waals surface area contributed by atoms with Crippen LogP contribution >= 0.6 is 0 Å². The molecule has 1 aromatic rings. The number of carbonyl (C=O) groups is 3. The normalized spacial score (nSPS) is 15.8. The van der Waals surface area contributed by atoms with Crippen LogP contribution in [0.15, 0.2) is 24.3 Å². The summed E-state index contributed by atoms with van der Waals surface area (Å²) in [5.74, 6) is -1.80. The molecule has 8 nitrogen and oxygen atoms in total. The second kappa shape index (κ2) is 11.1. The molecule has 1 aliphatic heterocycles. The minimum absolute atomic E-state index is 0. The first-order valence-electron chi connectivity index (χ1n) is 6.51. The van der Waals surface area contributed by atoms with Crippen LogP contribution in [-0.2, 0) is 56.7 Å². The van der Waals surface area contributed by atoms with E-state index in [1.807, 2.05) is 0 Å². The number of nitrogens with zero attached hydrogens (tertiary/aromatic N) is 1. The number of hydrogen-bond donors (Lipinski definition) is 1. The minimum atomic E-state index is -3.69. The van der Waals surface area contributed by atoms with Gasteiger partial charge in [-0.2, -0.15) is 4.21 Å². The van der Waals surface area contributed by atoms with Gasteiger partial charge in [0.15, 0.2) is 0 Å². The Morgan fingerprint density at radius 2 is 1.64 bits per heavy atom. The molecule has 0 radical (unpaired) electrons. The first kappa shape index (κ1) is 25.1. The van der Waals surface area contributed by atoms with Gasteiger partial charge in [-0.1, -0.05) is 24.3 Å². The molecule has 1 atom stereocenters. The Balaban J connectivity index is -0.00000144. The molecule has 1 aromatic carbocycles. The fourth-order valence-corrected chi connectivity index (χ4v) is 2.28. The summed E-state index contributed by atoms with van der Waals surface area (Å²) in [5.41, 5.74) is 1.18. The second-order valence-electron chi connectivity index (χ2n) is 4.73. The van der Waals surface area contributed by atoms with Crippen LogP contribution in [0.5, 0.6) is 0 Å². The van der Waals surface area contributed by atoms with Gasteiger partial charge in [0.05, 0.1) is 13.0 Å². The molecule has 0 aromatic heterocycles. The summed E-state index contributed by atoms with van der Waals surface area (Å²) in [6.45, 7) is -0.139. The number of hydrogen-bond acceptors (Lipinski definition) is 7. The van der Waals surface area contributed by atoms with E-state index in [9.17, 15) is 18.6 Å². The molecule has 0 spiro atoms. The largest absolute Gasteiger partial charge is 1.00 e. The molecule has 1 aliphatic rings. The third-order valence-corrected chi connectivity index (χ3v) is 3.65. The zero-order valence-electron chi connectivity index (χ0n) is 15.8. The molecule has 25 heavy (non-hydrogen) atoms. The molecule has 2 rings (SSSR count). The fraction of sp³-hybridized carbons (Fsp3) is 0.308. The summed E-state index contributed by atoms with van der Waals surface area (Å²) in [6.07, 6.45) is -0.0502. The molecule has 128 valence electrons. The van der Waals surface area contributed by atoms with E-state index < -0.39 is 26.8 Å². The van der Waals surface area contributed by atoms with E-state index in [1.54, 1.807) is 24.3 Å². The van der Waals surface area contributed by atoms with Gasteiger partial charge in [0.25, 0.3) is 20.9 Å². The Morgan fingerprint density at radius 1 is 1.16 bits per heavy atom. The number of rotatable bonds is 6. The standard InChI is InChI=1S/C13H13NO7S2.2Na.2H/c15-11-5-6-12(16)14(11)21-13(17)7-9-1-3-10(4-2-9)8-20-23(18,19)22;;;;/h1-4H,5-8H2,(H,18,19,22);;;;/q;2*+1;2*-1. The molecule has 12 heteroatoms. The predicted octanol–water partition coefficient (Wildman–Crippen LogP) is -5.28. The topological polar surface area (TPSA) is 110 Å². The van der Waals surface area contributed by atoms with Crippen molar-refractivity contribution >= 4 is 38.0 Å². The van der Waals surface area contributed by atoms with Crippen molar-refractivity contribution in [3.8, 4) is 0 Å². The van der Waals surface area contributed by atoms with E-state index >= 15 is 0 Å². The van der Waals surface area contributed by atoms with E-state index in [-0.39, 0.29) is 87.8 Å². The Bertz CT molecular complexity index is 732. The summed E-state index contributed by atoms with van der Waals surface area (Å²) in [6, 6.07) is 6.37. The zero-order valence-corrected chi connectivity index (χ0v) is 19.4. The van der Waals surface area contributed by atoms with Gasteiger partial charge in [-0.15, -0.1) is 5.06 Å². The minimum Gasteiger partial charge on any atom is -1.00 e. The molecule has 1 N–H and O–H groups in total. The molecule has 0 bridgehead atoms. The molecular formula is C13H15NNa2O7S2. The van der Waals surface area contributed by atoms with Gasteiger partial charge >= 0.3 is 65.1 Å². The third-order valence-electron chi connectivity index (χ3n) is 2.94. The fourth-order valence-electron chi connectivity index (χ4n) is 1.85. The van der Waals surface area contributed by atoms with E-state index in [0.29, 0.717) is 16.2 Å². The summed E-state index contributed by atoms with van der Waals surface area (Å²) in [5, 5.41) is 0.492. The van der Waals surface area contributed by atoms with Crippen LogP contribution < -0.4 is 59.1 Å². The number of carbonyl (C=O) groups excluding carboxylic acids is 3. The second-order valence-corrected chi connectivity index (χ2v) is 7.08. The van der Waals surface area contributed by atoms with E-state index in [2.05, 4.69) is 15.4 Å². The van der Waals surface area contributed by atoms with E-state index in [4.69, 9.17) is 9.39 Å². The Hall–Kier alpha value is 0.120. The molecule has 1 saturated heterocycles. The first-order chi connectivity index (χ1) is 10.7. The smallest absolute Gasteiger partial charge is 1.00 e. The summed E-state index contributed by atoms with van der Waals surface area (Å²) in [7, 11) is -3.69. The number of amides is 2. The van der Waals surface area contributed by atoms with Crippen LogP contribution in [0.2, 0.25) is 0 Å². The monoisotopic (exact) mass is 407 g/mol. The maximum atomic E-state index is 11.7. The zero-order chi connectivity index (χ0) is 17.0. The summed E-state index contributed by atoms with van der Waals surface area (Å²) in [4.78, 5) is 39.1. The maximum absolute atomic E-state index is 11.7. The van der Waals surface area contributed by atoms with Gasteiger partial charge in [0.2, 0.25) is 0 Å². The van der Waals surface area contributed by atoms with Crippen molar-refractivity contribution in [3.63, 3.8) is 0 Å². The van der Waals surface area contributed by atoms with Crippen LogP contribution in [-0.4, -0.2) is 31.6 Å². The van der Waals surface area contributed by atoms with Crippen LogP contribution in [0, 0.1) is 0 Å². The quantitative estimate of drug-likeness (QED) is 0.368. The molecular weight excluding hydrogens is 392 g/mol. The van der Waals surface area contributed by atoms with Crippen molar-refractivity contribution in [1.29, 1.82) is 0 Å². The van der Waals surface area contributed by atoms with Crippen molar-refractivity contribution in [2.45, 2.75) is 25.9 Å². The van der Waals surface area contributed by atoms with Gasteiger partial charge in [-0.25, -0.2) is 4.79 Å². The number of benzene rings is 1. The van der Waals surface area contributed by atoms with E-state index in [1.165, 1.54) is 0 Å². The van der Waals surface area contributed by atoms with Crippen LogP contribution in [0.25, 0.3) is 0 Å². The van der Waals surface area contributed by atoms with Crippen LogP contribution in [0.4, 0.5) is 0 Å². The average Bonchev–Trinajstić information content (AvgIpc) is 2.77. The third kappa shape index (κ3) is 8.57. The van der Waals surface area contributed by atoms with Gasteiger partial charge in [-0.3, -0.25) is 18.3 Å². The summed E-state index contributed by atoms with van der Waals surface area (Å²) >= 11 is 4.19. The maximum Gasteiger partial charge on any atom is 1.00 e. The first-order valence-corrected chi connectivity index (χ1v) is 8.87. The van der Waals surface area contributed by atoms with Crippen molar-refractivity contribution in [2.75, 3.05) is 0 Å². The predicted molar refractivity (Wildman–Crippen MR) is 82.5 cm³/mol. The average molecular weight is 407 g/mol. The van der Waals surface area contributed by atoms with Gasteiger partial charge in [-0.05, 0) is 11.1 Å². The Kier molecular flexibility index (Phi) is 11.1. The molecule has 0 saturated carbocycles. The molecule has 2 amide bonds. The van der Waals surface area contributed by atoms with Crippen molar-refractivity contribution in [2.24, 2.45) is 0 Å². The van der Waals surface area contributed by atoms with Crippen LogP contribution in [0.1, 0.15) is 26.8 Å².